The molecule has 2 heterocycles. The maximum absolute atomic E-state index is 12.0. The topological polar surface area (TPSA) is 51.9 Å². The quantitative estimate of drug-likeness (QED) is 0.741. The molecule has 0 saturated heterocycles. The van der Waals surface area contributed by atoms with Crippen molar-refractivity contribution < 1.29 is 0 Å². The van der Waals surface area contributed by atoms with Gasteiger partial charge in [0.2, 0.25) is 0 Å². The van der Waals surface area contributed by atoms with E-state index in [1.165, 1.54) is 19.3 Å². The van der Waals surface area contributed by atoms with Crippen LogP contribution in [-0.2, 0) is 19.5 Å². The van der Waals surface area contributed by atoms with Crippen molar-refractivity contribution >= 4 is 0 Å². The second kappa shape index (κ2) is 6.73. The zero-order valence-electron chi connectivity index (χ0n) is 11.3. The van der Waals surface area contributed by atoms with Crippen molar-refractivity contribution in [3.05, 3.63) is 16.3 Å². The normalized spacial score (nSPS) is 14.7. The zero-order chi connectivity index (χ0) is 12.8. The summed E-state index contributed by atoms with van der Waals surface area (Å²) in [4.78, 5) is 12.0. The van der Waals surface area contributed by atoms with Crippen LogP contribution in [0.4, 0.5) is 0 Å². The third-order valence-electron chi connectivity index (χ3n) is 3.49. The SMILES string of the molecule is CCCCCNCCn1nc2n(c1=O)CCCC2. The minimum atomic E-state index is 0.0695. The molecule has 1 aromatic heterocycles. The molecule has 0 aromatic carbocycles. The Bertz CT molecular complexity index is 421. The molecule has 18 heavy (non-hydrogen) atoms. The number of nitrogens with one attached hydrogen (secondary N) is 1. The van der Waals surface area contributed by atoms with E-state index >= 15 is 0 Å². The van der Waals surface area contributed by atoms with Gasteiger partial charge in [-0.15, -0.1) is 0 Å². The smallest absolute Gasteiger partial charge is 0.315 e. The van der Waals surface area contributed by atoms with E-state index in [-0.39, 0.29) is 5.69 Å². The highest BCUT2D eigenvalue weighted by molar-refractivity contribution is 4.91. The molecule has 102 valence electrons. The highest BCUT2D eigenvalue weighted by Crippen LogP contribution is 2.08. The molecule has 0 unspecified atom stereocenters. The summed E-state index contributed by atoms with van der Waals surface area (Å²) in [6.07, 6.45) is 6.94. The molecule has 1 aliphatic rings. The van der Waals surface area contributed by atoms with Gasteiger partial charge in [0.15, 0.2) is 0 Å². The Hall–Kier alpha value is -1.10. The molecule has 0 aliphatic carbocycles. The lowest BCUT2D eigenvalue weighted by molar-refractivity contribution is 0.506. The Morgan fingerprint density at radius 2 is 2.17 bits per heavy atom. The van der Waals surface area contributed by atoms with Crippen LogP contribution < -0.4 is 11.0 Å². The van der Waals surface area contributed by atoms with E-state index in [0.717, 1.165) is 44.7 Å². The first kappa shape index (κ1) is 13.3. The number of aromatic nitrogens is 3. The van der Waals surface area contributed by atoms with Crippen molar-refractivity contribution in [3.63, 3.8) is 0 Å². The number of unbranched alkanes of at least 4 members (excludes halogenated alkanes) is 2. The molecule has 0 saturated carbocycles. The lowest BCUT2D eigenvalue weighted by Crippen LogP contribution is -2.30. The van der Waals surface area contributed by atoms with Crippen LogP contribution in [0.5, 0.6) is 0 Å². The highest BCUT2D eigenvalue weighted by atomic mass is 16.2. The van der Waals surface area contributed by atoms with Crippen LogP contribution in [0.1, 0.15) is 44.9 Å². The summed E-state index contributed by atoms with van der Waals surface area (Å²) in [6, 6.07) is 0. The van der Waals surface area contributed by atoms with E-state index in [9.17, 15) is 4.79 Å². The molecule has 0 atom stereocenters. The number of hydrogen-bond donors (Lipinski definition) is 1. The summed E-state index contributed by atoms with van der Waals surface area (Å²) in [5.74, 6) is 0.970. The monoisotopic (exact) mass is 252 g/mol. The number of aryl methyl sites for hydroxylation is 1. The van der Waals surface area contributed by atoms with Gasteiger partial charge >= 0.3 is 5.69 Å². The minimum absolute atomic E-state index is 0.0695. The molecular weight excluding hydrogens is 228 g/mol. The van der Waals surface area contributed by atoms with Crippen LogP contribution in [0, 0.1) is 0 Å². The third kappa shape index (κ3) is 3.22. The van der Waals surface area contributed by atoms with Crippen LogP contribution in [0.15, 0.2) is 4.79 Å². The van der Waals surface area contributed by atoms with Crippen LogP contribution in [-0.4, -0.2) is 27.4 Å². The number of hydrogen-bond acceptors (Lipinski definition) is 3. The maximum atomic E-state index is 12.0. The van der Waals surface area contributed by atoms with Crippen molar-refractivity contribution in [2.45, 2.75) is 58.5 Å². The molecule has 1 aliphatic heterocycles. The highest BCUT2D eigenvalue weighted by Gasteiger charge is 2.15. The van der Waals surface area contributed by atoms with Crippen molar-refractivity contribution in [2.24, 2.45) is 0 Å². The average Bonchev–Trinajstić information content (AvgIpc) is 2.71. The van der Waals surface area contributed by atoms with Gasteiger partial charge < -0.3 is 5.32 Å². The van der Waals surface area contributed by atoms with Gasteiger partial charge in [-0.05, 0) is 25.8 Å². The maximum Gasteiger partial charge on any atom is 0.345 e. The van der Waals surface area contributed by atoms with Gasteiger partial charge in [-0.2, -0.15) is 5.10 Å². The molecule has 0 radical (unpaired) electrons. The molecule has 1 aromatic rings. The third-order valence-corrected chi connectivity index (χ3v) is 3.49. The Morgan fingerprint density at radius 3 is 2.94 bits per heavy atom. The first-order valence-electron chi connectivity index (χ1n) is 7.20. The Labute approximate surface area is 108 Å². The Balaban J connectivity index is 1.79. The van der Waals surface area contributed by atoms with Gasteiger partial charge in [-0.3, -0.25) is 4.57 Å². The molecule has 2 rings (SSSR count). The fraction of sp³-hybridized carbons (Fsp3) is 0.846. The summed E-state index contributed by atoms with van der Waals surface area (Å²) in [6.45, 7) is 5.61. The van der Waals surface area contributed by atoms with Crippen LogP contribution in [0.3, 0.4) is 0 Å². The van der Waals surface area contributed by atoms with Gasteiger partial charge in [-0.25, -0.2) is 9.48 Å². The number of rotatable bonds is 7. The van der Waals surface area contributed by atoms with E-state index in [4.69, 9.17) is 0 Å². The predicted octanol–water partition coefficient (Wildman–Crippen LogP) is 1.16. The molecule has 0 amide bonds. The van der Waals surface area contributed by atoms with Crippen molar-refractivity contribution in [1.29, 1.82) is 0 Å². The summed E-state index contributed by atoms with van der Waals surface area (Å²) in [7, 11) is 0. The number of fused-ring (bicyclic) bond motifs is 1. The van der Waals surface area contributed by atoms with Gasteiger partial charge in [-0.1, -0.05) is 19.8 Å². The van der Waals surface area contributed by atoms with Crippen molar-refractivity contribution in [3.8, 4) is 0 Å². The summed E-state index contributed by atoms with van der Waals surface area (Å²) < 4.78 is 3.45. The first-order valence-corrected chi connectivity index (χ1v) is 7.20. The van der Waals surface area contributed by atoms with Crippen LogP contribution in [0.25, 0.3) is 0 Å². The Morgan fingerprint density at radius 1 is 1.28 bits per heavy atom. The second-order valence-corrected chi connectivity index (χ2v) is 4.99. The largest absolute Gasteiger partial charge is 0.345 e. The Kier molecular flexibility index (Phi) is 4.99. The van der Waals surface area contributed by atoms with Gasteiger partial charge in [0.1, 0.15) is 5.82 Å². The van der Waals surface area contributed by atoms with Crippen LogP contribution in [0.2, 0.25) is 0 Å². The van der Waals surface area contributed by atoms with E-state index in [0.29, 0.717) is 6.54 Å². The average molecular weight is 252 g/mol. The summed E-state index contributed by atoms with van der Waals surface area (Å²) in [5, 5.41) is 7.78. The van der Waals surface area contributed by atoms with Gasteiger partial charge in [0, 0.05) is 19.5 Å². The van der Waals surface area contributed by atoms with Crippen molar-refractivity contribution in [1.82, 2.24) is 19.7 Å². The predicted molar refractivity (Wildman–Crippen MR) is 71.8 cm³/mol. The molecule has 0 bridgehead atoms. The van der Waals surface area contributed by atoms with E-state index in [1.54, 1.807) is 4.68 Å². The standard InChI is InChI=1S/C13H24N4O/c1-2-3-5-8-14-9-11-17-13(18)16-10-6-4-7-12(16)15-17/h14H,2-11H2,1H3. The van der Waals surface area contributed by atoms with Crippen molar-refractivity contribution in [2.75, 3.05) is 13.1 Å². The van der Waals surface area contributed by atoms with Crippen LogP contribution >= 0.6 is 0 Å². The molecule has 1 N–H and O–H groups in total. The fourth-order valence-corrected chi connectivity index (χ4v) is 2.40. The van der Waals surface area contributed by atoms with E-state index < -0.39 is 0 Å². The lowest BCUT2D eigenvalue weighted by atomic mass is 10.2. The molecule has 5 heteroatoms. The molecule has 0 fully saturated rings. The second-order valence-electron chi connectivity index (χ2n) is 4.99. The molecule has 0 spiro atoms. The van der Waals surface area contributed by atoms with Gasteiger partial charge in [0.25, 0.3) is 0 Å². The van der Waals surface area contributed by atoms with Gasteiger partial charge in [0.05, 0.1) is 6.54 Å². The summed E-state index contributed by atoms with van der Waals surface area (Å²) in [5.41, 5.74) is 0.0695. The minimum Gasteiger partial charge on any atom is -0.315 e. The molecule has 5 nitrogen and oxygen atoms in total. The van der Waals surface area contributed by atoms with E-state index in [2.05, 4.69) is 17.3 Å². The zero-order valence-corrected chi connectivity index (χ0v) is 11.3. The lowest BCUT2D eigenvalue weighted by Gasteiger charge is -2.09. The number of nitrogens with zero attached hydrogens (tertiary/aromatic N) is 3. The van der Waals surface area contributed by atoms with E-state index in [1.807, 2.05) is 4.57 Å². The summed E-state index contributed by atoms with van der Waals surface area (Å²) >= 11 is 0. The molecular formula is C13H24N4O. The fourth-order valence-electron chi connectivity index (χ4n) is 2.40. The first-order chi connectivity index (χ1) is 8.83.